The lowest BCUT2D eigenvalue weighted by molar-refractivity contribution is 0.507. The fourth-order valence-electron chi connectivity index (χ4n) is 1.27. The first-order valence-corrected chi connectivity index (χ1v) is 7.87. The monoisotopic (exact) mass is 255 g/mol. The Hall–Kier alpha value is 0.200. The second-order valence-corrected chi connectivity index (χ2v) is 6.63. The van der Waals surface area contributed by atoms with E-state index in [0.717, 1.165) is 19.4 Å². The Bertz CT molecular complexity index is 242. The van der Waals surface area contributed by atoms with Crippen LogP contribution in [0.2, 0.25) is 0 Å². The molecule has 92 valence electrons. The van der Waals surface area contributed by atoms with Crippen molar-refractivity contribution in [1.29, 1.82) is 0 Å². The maximum atomic E-state index is 11.2. The molecule has 0 aromatic heterocycles. The van der Waals surface area contributed by atoms with E-state index in [1.165, 1.54) is 0 Å². The van der Waals surface area contributed by atoms with Gasteiger partial charge in [-0.2, -0.15) is 0 Å². The van der Waals surface area contributed by atoms with Crippen molar-refractivity contribution < 1.29 is 8.42 Å². The normalized spacial score (nSPS) is 14.1. The Morgan fingerprint density at radius 2 is 2.00 bits per heavy atom. The minimum atomic E-state index is -2.80. The van der Waals surface area contributed by atoms with Crippen molar-refractivity contribution in [1.82, 2.24) is 5.32 Å². The molecule has 0 aromatic carbocycles. The maximum Gasteiger partial charge on any atom is 0.150 e. The van der Waals surface area contributed by atoms with Crippen LogP contribution in [0.25, 0.3) is 0 Å². The minimum Gasteiger partial charge on any atom is -0.314 e. The average Bonchev–Trinajstić information content (AvgIpc) is 2.21. The summed E-state index contributed by atoms with van der Waals surface area (Å²) in [5, 5.41) is 3.29. The summed E-state index contributed by atoms with van der Waals surface area (Å²) in [4.78, 5) is 0. The first-order valence-electron chi connectivity index (χ1n) is 5.51. The predicted molar refractivity (Wildman–Crippen MR) is 66.4 cm³/mol. The van der Waals surface area contributed by atoms with Crippen LogP contribution in [-0.2, 0) is 9.84 Å². The van der Waals surface area contributed by atoms with Gasteiger partial charge in [-0.05, 0) is 32.7 Å². The van der Waals surface area contributed by atoms with Crippen LogP contribution >= 0.6 is 11.6 Å². The van der Waals surface area contributed by atoms with Gasteiger partial charge in [0.1, 0.15) is 9.84 Å². The van der Waals surface area contributed by atoms with Gasteiger partial charge in [0.25, 0.3) is 0 Å². The predicted octanol–water partition coefficient (Wildman–Crippen LogP) is 1.81. The number of alkyl halides is 1. The van der Waals surface area contributed by atoms with Gasteiger partial charge < -0.3 is 5.32 Å². The summed E-state index contributed by atoms with van der Waals surface area (Å²) in [6, 6.07) is 0.424. The molecule has 3 nitrogen and oxygen atoms in total. The van der Waals surface area contributed by atoms with Gasteiger partial charge in [0, 0.05) is 17.7 Å². The van der Waals surface area contributed by atoms with Gasteiger partial charge in [0.2, 0.25) is 0 Å². The Labute approximate surface area is 98.5 Å². The lowest BCUT2D eigenvalue weighted by Gasteiger charge is -2.12. The zero-order valence-corrected chi connectivity index (χ0v) is 11.2. The van der Waals surface area contributed by atoms with E-state index in [9.17, 15) is 8.42 Å². The number of halogens is 1. The van der Waals surface area contributed by atoms with Crippen molar-refractivity contribution in [3.05, 3.63) is 0 Å². The molecule has 1 N–H and O–H groups in total. The fourth-order valence-corrected chi connectivity index (χ4v) is 2.30. The van der Waals surface area contributed by atoms with E-state index in [0.29, 0.717) is 24.1 Å². The molecule has 5 heteroatoms. The highest BCUT2D eigenvalue weighted by Crippen LogP contribution is 1.98. The molecule has 15 heavy (non-hydrogen) atoms. The molecule has 0 aliphatic rings. The largest absolute Gasteiger partial charge is 0.314 e. The van der Waals surface area contributed by atoms with Crippen molar-refractivity contribution in [2.45, 2.75) is 39.2 Å². The first kappa shape index (κ1) is 15.2. The zero-order valence-electron chi connectivity index (χ0n) is 9.63. The summed E-state index contributed by atoms with van der Waals surface area (Å²) in [6.07, 6.45) is 2.74. The molecule has 0 amide bonds. The molecule has 0 rings (SSSR count). The van der Waals surface area contributed by atoms with E-state index in [-0.39, 0.29) is 5.75 Å². The van der Waals surface area contributed by atoms with Gasteiger partial charge in [-0.3, -0.25) is 0 Å². The van der Waals surface area contributed by atoms with E-state index in [2.05, 4.69) is 12.2 Å². The smallest absolute Gasteiger partial charge is 0.150 e. The molecule has 0 bridgehead atoms. The van der Waals surface area contributed by atoms with E-state index in [4.69, 9.17) is 11.6 Å². The molecule has 1 unspecified atom stereocenters. The fraction of sp³-hybridized carbons (Fsp3) is 1.00. The van der Waals surface area contributed by atoms with E-state index < -0.39 is 9.84 Å². The van der Waals surface area contributed by atoms with Gasteiger partial charge in [0.05, 0.1) is 5.75 Å². The van der Waals surface area contributed by atoms with Crippen LogP contribution < -0.4 is 5.32 Å². The van der Waals surface area contributed by atoms with Crippen molar-refractivity contribution >= 4 is 21.4 Å². The molecule has 0 fully saturated rings. The standard InChI is InChI=1S/C10H22ClNO2S/c1-3-15(13,14)9-5-8-12-10(2)6-4-7-11/h10,12H,3-9H2,1-2H3. The molecule has 0 saturated carbocycles. The highest BCUT2D eigenvalue weighted by Gasteiger charge is 2.07. The van der Waals surface area contributed by atoms with Gasteiger partial charge in [-0.15, -0.1) is 11.6 Å². The molecule has 0 radical (unpaired) electrons. The van der Waals surface area contributed by atoms with Gasteiger partial charge in [0.15, 0.2) is 0 Å². The van der Waals surface area contributed by atoms with Crippen LogP contribution in [0.4, 0.5) is 0 Å². The third kappa shape index (κ3) is 9.15. The molecule has 0 saturated heterocycles. The average molecular weight is 256 g/mol. The van der Waals surface area contributed by atoms with Crippen LogP contribution in [0.1, 0.15) is 33.1 Å². The summed E-state index contributed by atoms with van der Waals surface area (Å²) >= 11 is 5.58. The number of hydrogen-bond acceptors (Lipinski definition) is 3. The molecular formula is C10H22ClNO2S. The minimum absolute atomic E-state index is 0.245. The Balaban J connectivity index is 3.46. The summed E-state index contributed by atoms with van der Waals surface area (Å²) in [7, 11) is -2.80. The topological polar surface area (TPSA) is 46.2 Å². The van der Waals surface area contributed by atoms with Gasteiger partial charge in [-0.1, -0.05) is 6.92 Å². The molecular weight excluding hydrogens is 234 g/mol. The van der Waals surface area contributed by atoms with Gasteiger partial charge >= 0.3 is 0 Å². The Morgan fingerprint density at radius 1 is 1.33 bits per heavy atom. The van der Waals surface area contributed by atoms with Crippen molar-refractivity contribution in [2.24, 2.45) is 0 Å². The van der Waals surface area contributed by atoms with Crippen LogP contribution in [0.5, 0.6) is 0 Å². The quantitative estimate of drug-likeness (QED) is 0.505. The van der Waals surface area contributed by atoms with Crippen molar-refractivity contribution in [2.75, 3.05) is 23.9 Å². The summed E-state index contributed by atoms with van der Waals surface area (Å²) in [5.41, 5.74) is 0. The van der Waals surface area contributed by atoms with E-state index in [1.807, 2.05) is 0 Å². The molecule has 0 aliphatic carbocycles. The van der Waals surface area contributed by atoms with E-state index >= 15 is 0 Å². The molecule has 0 aliphatic heterocycles. The molecule has 1 atom stereocenters. The van der Waals surface area contributed by atoms with Crippen molar-refractivity contribution in [3.63, 3.8) is 0 Å². The number of rotatable bonds is 9. The van der Waals surface area contributed by atoms with Crippen LogP contribution in [-0.4, -0.2) is 38.4 Å². The number of nitrogens with one attached hydrogen (secondary N) is 1. The molecule has 0 spiro atoms. The molecule has 0 aromatic rings. The number of hydrogen-bond donors (Lipinski definition) is 1. The second kappa shape index (κ2) is 8.36. The summed E-state index contributed by atoms with van der Waals surface area (Å²) in [6.45, 7) is 4.55. The highest BCUT2D eigenvalue weighted by molar-refractivity contribution is 7.91. The summed E-state index contributed by atoms with van der Waals surface area (Å²) < 4.78 is 22.3. The van der Waals surface area contributed by atoms with Crippen molar-refractivity contribution in [3.8, 4) is 0 Å². The van der Waals surface area contributed by atoms with Crippen LogP contribution in [0, 0.1) is 0 Å². The SMILES string of the molecule is CCS(=O)(=O)CCCNC(C)CCCCl. The Kier molecular flexibility index (Phi) is 8.47. The maximum absolute atomic E-state index is 11.2. The lowest BCUT2D eigenvalue weighted by atomic mass is 10.2. The Morgan fingerprint density at radius 3 is 2.53 bits per heavy atom. The van der Waals surface area contributed by atoms with Crippen LogP contribution in [0.15, 0.2) is 0 Å². The highest BCUT2D eigenvalue weighted by atomic mass is 35.5. The van der Waals surface area contributed by atoms with Gasteiger partial charge in [-0.25, -0.2) is 8.42 Å². The van der Waals surface area contributed by atoms with Crippen LogP contribution in [0.3, 0.4) is 0 Å². The first-order chi connectivity index (χ1) is 7.02. The van der Waals surface area contributed by atoms with E-state index in [1.54, 1.807) is 6.92 Å². The lowest BCUT2D eigenvalue weighted by Crippen LogP contribution is -2.28. The third-order valence-electron chi connectivity index (χ3n) is 2.34. The zero-order chi connectivity index (χ0) is 11.7. The second-order valence-electron chi connectivity index (χ2n) is 3.78. The third-order valence-corrected chi connectivity index (χ3v) is 4.39. The molecule has 0 heterocycles. The number of sulfone groups is 1. The summed E-state index contributed by atoms with van der Waals surface area (Å²) in [5.74, 6) is 1.23.